The molecule has 116 valence electrons. The van der Waals surface area contributed by atoms with Crippen LogP contribution in [0, 0.1) is 0 Å². The van der Waals surface area contributed by atoms with Crippen LogP contribution in [0.15, 0.2) is 29.2 Å². The van der Waals surface area contributed by atoms with Crippen LogP contribution in [0.1, 0.15) is 31.2 Å². The molecular formula is C15H22N2O3S. The summed E-state index contributed by atoms with van der Waals surface area (Å²) in [6.45, 7) is 1.34. The van der Waals surface area contributed by atoms with Gasteiger partial charge >= 0.3 is 0 Å². The standard InChI is InChI=1S/C15H22N2O3S/c16-12-13-5-7-14(8-6-13)21(19,20)11-10-17-9-3-1-2-4-15(17)18/h5-8H,1-4,9-12,16H2. The summed E-state index contributed by atoms with van der Waals surface area (Å²) in [4.78, 5) is 13.8. The van der Waals surface area contributed by atoms with E-state index in [1.165, 1.54) is 0 Å². The number of likely N-dealkylation sites (tertiary alicyclic amines) is 1. The Morgan fingerprint density at radius 1 is 1.10 bits per heavy atom. The summed E-state index contributed by atoms with van der Waals surface area (Å²) in [6.07, 6.45) is 3.43. The van der Waals surface area contributed by atoms with Gasteiger partial charge in [-0.25, -0.2) is 8.42 Å². The molecule has 2 rings (SSSR count). The Kier molecular flexibility index (Phi) is 5.36. The number of hydrogen-bond acceptors (Lipinski definition) is 4. The van der Waals surface area contributed by atoms with E-state index >= 15 is 0 Å². The second-order valence-electron chi connectivity index (χ2n) is 5.36. The lowest BCUT2D eigenvalue weighted by molar-refractivity contribution is -0.130. The maximum absolute atomic E-state index is 12.3. The average Bonchev–Trinajstić information content (AvgIpc) is 2.70. The molecule has 0 unspecified atom stereocenters. The van der Waals surface area contributed by atoms with E-state index in [0.29, 0.717) is 24.4 Å². The predicted octanol–water partition coefficient (Wildman–Crippen LogP) is 1.32. The third-order valence-electron chi connectivity index (χ3n) is 3.82. The Bertz CT molecular complexity index is 581. The van der Waals surface area contributed by atoms with Crippen molar-refractivity contribution in [2.45, 2.75) is 37.1 Å². The second kappa shape index (κ2) is 7.04. The largest absolute Gasteiger partial charge is 0.342 e. The topological polar surface area (TPSA) is 80.5 Å². The number of hydrogen-bond donors (Lipinski definition) is 1. The van der Waals surface area contributed by atoms with Crippen molar-refractivity contribution >= 4 is 15.7 Å². The Hall–Kier alpha value is -1.40. The lowest BCUT2D eigenvalue weighted by atomic mass is 10.2. The molecule has 1 aliphatic rings. The van der Waals surface area contributed by atoms with Crippen LogP contribution < -0.4 is 5.73 Å². The van der Waals surface area contributed by atoms with Crippen molar-refractivity contribution in [3.8, 4) is 0 Å². The molecule has 1 saturated heterocycles. The van der Waals surface area contributed by atoms with Crippen molar-refractivity contribution in [2.75, 3.05) is 18.8 Å². The zero-order chi connectivity index (χ0) is 15.3. The first-order valence-corrected chi connectivity index (χ1v) is 8.98. The molecule has 1 aromatic rings. The first-order chi connectivity index (χ1) is 10.0. The van der Waals surface area contributed by atoms with Gasteiger partial charge in [0.25, 0.3) is 0 Å². The highest BCUT2D eigenvalue weighted by Gasteiger charge is 2.20. The minimum absolute atomic E-state index is 0.0271. The molecule has 0 atom stereocenters. The molecule has 1 amide bonds. The number of benzene rings is 1. The van der Waals surface area contributed by atoms with Crippen LogP contribution >= 0.6 is 0 Å². The molecule has 0 radical (unpaired) electrons. The smallest absolute Gasteiger partial charge is 0.222 e. The van der Waals surface area contributed by atoms with Gasteiger partial charge in [0.2, 0.25) is 5.91 Å². The molecule has 0 spiro atoms. The molecule has 21 heavy (non-hydrogen) atoms. The summed E-state index contributed by atoms with van der Waals surface area (Å²) in [5.41, 5.74) is 6.40. The van der Waals surface area contributed by atoms with Gasteiger partial charge < -0.3 is 10.6 Å². The summed E-state index contributed by atoms with van der Waals surface area (Å²) in [6, 6.07) is 6.62. The molecule has 0 bridgehead atoms. The quantitative estimate of drug-likeness (QED) is 0.889. The minimum atomic E-state index is -3.35. The van der Waals surface area contributed by atoms with Crippen molar-refractivity contribution in [3.63, 3.8) is 0 Å². The average molecular weight is 310 g/mol. The summed E-state index contributed by atoms with van der Waals surface area (Å²) >= 11 is 0. The summed E-state index contributed by atoms with van der Waals surface area (Å²) in [5.74, 6) is 0.0435. The number of nitrogens with zero attached hydrogens (tertiary/aromatic N) is 1. The normalized spacial score (nSPS) is 16.8. The van der Waals surface area contributed by atoms with Crippen LogP contribution in [0.5, 0.6) is 0 Å². The van der Waals surface area contributed by atoms with Crippen molar-refractivity contribution in [1.29, 1.82) is 0 Å². The Morgan fingerprint density at radius 2 is 1.81 bits per heavy atom. The number of rotatable bonds is 5. The van der Waals surface area contributed by atoms with Gasteiger partial charge in [-0.05, 0) is 30.5 Å². The third kappa shape index (κ3) is 4.28. The zero-order valence-corrected chi connectivity index (χ0v) is 12.9. The SMILES string of the molecule is NCc1ccc(S(=O)(=O)CCN2CCCCCC2=O)cc1. The predicted molar refractivity (Wildman–Crippen MR) is 81.4 cm³/mol. The molecule has 1 aromatic carbocycles. The van der Waals surface area contributed by atoms with Gasteiger partial charge in [0.05, 0.1) is 10.6 Å². The number of amides is 1. The van der Waals surface area contributed by atoms with Crippen LogP contribution in [-0.2, 0) is 21.2 Å². The fourth-order valence-corrected chi connectivity index (χ4v) is 3.70. The molecule has 2 N–H and O–H groups in total. The summed E-state index contributed by atoms with van der Waals surface area (Å²) in [5, 5.41) is 0. The number of sulfone groups is 1. The molecule has 1 fully saturated rings. The molecule has 6 heteroatoms. The molecule has 1 heterocycles. The lowest BCUT2D eigenvalue weighted by Crippen LogP contribution is -2.34. The monoisotopic (exact) mass is 310 g/mol. The van der Waals surface area contributed by atoms with E-state index in [4.69, 9.17) is 5.73 Å². The third-order valence-corrected chi connectivity index (χ3v) is 5.53. The van der Waals surface area contributed by atoms with E-state index in [1.54, 1.807) is 29.2 Å². The van der Waals surface area contributed by atoms with Gasteiger partial charge in [0, 0.05) is 26.1 Å². The molecule has 5 nitrogen and oxygen atoms in total. The van der Waals surface area contributed by atoms with Gasteiger partial charge in [0.1, 0.15) is 0 Å². The van der Waals surface area contributed by atoms with E-state index in [-0.39, 0.29) is 18.2 Å². The van der Waals surface area contributed by atoms with Crippen LogP contribution in [0.3, 0.4) is 0 Å². The molecule has 1 aliphatic heterocycles. The summed E-state index contributed by atoms with van der Waals surface area (Å²) in [7, 11) is -3.35. The van der Waals surface area contributed by atoms with Gasteiger partial charge in [-0.3, -0.25) is 4.79 Å². The lowest BCUT2D eigenvalue weighted by Gasteiger charge is -2.20. The fraction of sp³-hybridized carbons (Fsp3) is 0.533. The van der Waals surface area contributed by atoms with Crippen LogP contribution in [0.2, 0.25) is 0 Å². The first-order valence-electron chi connectivity index (χ1n) is 7.32. The van der Waals surface area contributed by atoms with Gasteiger partial charge in [0.15, 0.2) is 9.84 Å². The van der Waals surface area contributed by atoms with E-state index in [9.17, 15) is 13.2 Å². The molecular weight excluding hydrogens is 288 g/mol. The van der Waals surface area contributed by atoms with E-state index in [2.05, 4.69) is 0 Å². The maximum atomic E-state index is 12.3. The van der Waals surface area contributed by atoms with E-state index < -0.39 is 9.84 Å². The highest BCUT2D eigenvalue weighted by molar-refractivity contribution is 7.91. The Labute approximate surface area is 126 Å². The van der Waals surface area contributed by atoms with Crippen LogP contribution in [0.25, 0.3) is 0 Å². The first kappa shape index (κ1) is 16.0. The van der Waals surface area contributed by atoms with Gasteiger partial charge in [-0.2, -0.15) is 0 Å². The van der Waals surface area contributed by atoms with Crippen molar-refractivity contribution in [2.24, 2.45) is 5.73 Å². The number of carbonyl (C=O) groups excluding carboxylic acids is 1. The van der Waals surface area contributed by atoms with E-state index in [0.717, 1.165) is 24.8 Å². The highest BCUT2D eigenvalue weighted by atomic mass is 32.2. The van der Waals surface area contributed by atoms with E-state index in [1.807, 2.05) is 0 Å². The van der Waals surface area contributed by atoms with Crippen molar-refractivity contribution < 1.29 is 13.2 Å². The van der Waals surface area contributed by atoms with Gasteiger partial charge in [-0.15, -0.1) is 0 Å². The molecule has 0 aromatic heterocycles. The van der Waals surface area contributed by atoms with Crippen LogP contribution in [0.4, 0.5) is 0 Å². The van der Waals surface area contributed by atoms with Crippen LogP contribution in [-0.4, -0.2) is 38.1 Å². The highest BCUT2D eigenvalue weighted by Crippen LogP contribution is 2.15. The van der Waals surface area contributed by atoms with Gasteiger partial charge in [-0.1, -0.05) is 18.6 Å². The maximum Gasteiger partial charge on any atom is 0.222 e. The summed E-state index contributed by atoms with van der Waals surface area (Å²) < 4.78 is 24.6. The molecule has 0 saturated carbocycles. The Morgan fingerprint density at radius 3 is 2.48 bits per heavy atom. The Balaban J connectivity index is 2.01. The number of carbonyl (C=O) groups is 1. The van der Waals surface area contributed by atoms with Crippen molar-refractivity contribution in [3.05, 3.63) is 29.8 Å². The fourth-order valence-electron chi connectivity index (χ4n) is 2.46. The number of nitrogens with two attached hydrogens (primary N) is 1. The zero-order valence-electron chi connectivity index (χ0n) is 12.1. The second-order valence-corrected chi connectivity index (χ2v) is 7.47. The molecule has 0 aliphatic carbocycles. The minimum Gasteiger partial charge on any atom is -0.342 e. The van der Waals surface area contributed by atoms with Crippen molar-refractivity contribution in [1.82, 2.24) is 4.90 Å².